The van der Waals surface area contributed by atoms with Gasteiger partial charge in [0.25, 0.3) is 0 Å². The van der Waals surface area contributed by atoms with Gasteiger partial charge >= 0.3 is 0 Å². The zero-order valence-electron chi connectivity index (χ0n) is 30.7. The highest BCUT2D eigenvalue weighted by Crippen LogP contribution is 2.37. The zero-order valence-corrected chi connectivity index (χ0v) is 35.0. The van der Waals surface area contributed by atoms with Crippen LogP contribution in [-0.4, -0.2) is 82.4 Å². The number of nitrogens with zero attached hydrogens (tertiary/aromatic N) is 7. The first-order valence-corrected chi connectivity index (χ1v) is 20.7. The molecule has 0 spiro atoms. The maximum atomic E-state index is 10.0. The summed E-state index contributed by atoms with van der Waals surface area (Å²) in [5.74, 6) is 1.92. The van der Waals surface area contributed by atoms with E-state index < -0.39 is 0 Å². The normalized spacial score (nSPS) is 18.4. The third-order valence-corrected chi connectivity index (χ3v) is 13.3. The zero-order chi connectivity index (χ0) is 36.9. The Hall–Kier alpha value is -3.13. The van der Waals surface area contributed by atoms with Gasteiger partial charge in [0, 0.05) is 39.1 Å². The van der Waals surface area contributed by atoms with Gasteiger partial charge in [0.05, 0.1) is 18.4 Å². The van der Waals surface area contributed by atoms with Crippen LogP contribution in [0.15, 0.2) is 78.9 Å². The topological polar surface area (TPSA) is 84.4 Å². The molecule has 5 heterocycles. The number of rotatable bonds is 8. The van der Waals surface area contributed by atoms with Crippen LogP contribution in [0.2, 0.25) is 0 Å². The first kappa shape index (κ1) is 38.2. The van der Waals surface area contributed by atoms with Crippen molar-refractivity contribution in [2.45, 2.75) is 63.5 Å². The van der Waals surface area contributed by atoms with E-state index in [0.29, 0.717) is 18.7 Å². The summed E-state index contributed by atoms with van der Waals surface area (Å²) in [4.78, 5) is 14.3. The molecule has 1 fully saturated rings. The van der Waals surface area contributed by atoms with Gasteiger partial charge in [0.2, 0.25) is 0 Å². The fourth-order valence-electron chi connectivity index (χ4n) is 7.56. The molecule has 0 aliphatic carbocycles. The van der Waals surface area contributed by atoms with E-state index in [9.17, 15) is 5.26 Å². The molecule has 1 saturated heterocycles. The highest BCUT2D eigenvalue weighted by molar-refractivity contribution is 14.1. The number of imidazole rings is 2. The number of likely N-dealkylation sites (tertiary alicyclic amines) is 1. The highest BCUT2D eigenvalue weighted by Gasteiger charge is 2.33. The highest BCUT2D eigenvalue weighted by atomic mass is 127. The molecule has 276 valence electrons. The molecule has 3 aliphatic rings. The molecule has 53 heavy (non-hydrogen) atoms. The number of fused-ring (bicyclic) bond motifs is 4. The summed E-state index contributed by atoms with van der Waals surface area (Å²) < 4.78 is 19.7. The minimum Gasteiger partial charge on any atom is -0.364 e. The first-order valence-electron chi connectivity index (χ1n) is 18.5. The number of benzene rings is 3. The minimum absolute atomic E-state index is 0.0734. The lowest BCUT2D eigenvalue weighted by molar-refractivity contribution is -0.0276. The number of hydrogen-bond acceptors (Lipinski definition) is 7. The van der Waals surface area contributed by atoms with Crippen LogP contribution in [0.3, 0.4) is 0 Å². The summed E-state index contributed by atoms with van der Waals surface area (Å²) in [5, 5.41) is 10.0. The Labute approximate surface area is 340 Å². The van der Waals surface area contributed by atoms with Gasteiger partial charge in [-0.3, -0.25) is 0 Å². The molecular weight excluding hydrogens is 888 g/mol. The van der Waals surface area contributed by atoms with E-state index in [-0.39, 0.29) is 18.3 Å². The second kappa shape index (κ2) is 17.6. The van der Waals surface area contributed by atoms with Crippen molar-refractivity contribution in [3.63, 3.8) is 0 Å². The number of ether oxygens (including phenoxy) is 2. The Bertz CT molecular complexity index is 2050. The number of likely N-dealkylation sites (N-methyl/N-ethyl adjacent to an activating group) is 1. The van der Waals surface area contributed by atoms with Crippen LogP contribution < -0.4 is 0 Å². The summed E-state index contributed by atoms with van der Waals surface area (Å²) in [6, 6.07) is 29.8. The third-order valence-electron chi connectivity index (χ3n) is 10.5. The van der Waals surface area contributed by atoms with Crippen LogP contribution in [0.5, 0.6) is 0 Å². The average molecular weight is 936 g/mol. The van der Waals surface area contributed by atoms with Crippen LogP contribution in [0.4, 0.5) is 0 Å². The maximum Gasteiger partial charge on any atom is 0.144 e. The summed E-state index contributed by atoms with van der Waals surface area (Å²) in [7, 11) is 6.30. The summed E-state index contributed by atoms with van der Waals surface area (Å²) in [6.07, 6.45) is 4.52. The molecule has 2 atom stereocenters. The van der Waals surface area contributed by atoms with Crippen molar-refractivity contribution in [2.75, 3.05) is 47.4 Å². The van der Waals surface area contributed by atoms with Gasteiger partial charge < -0.3 is 28.4 Å². The minimum atomic E-state index is -0.233. The standard InChI is InChI=1S/C26H28N4O.C16H19I2N3O/c1-29-14-12-21(13-15-29)31-25-22-10-6-5-9-20(22)11-16-30-24(18-27)23(28-26(25)30)17-19-7-3-2-4-8-19;1-20(2)9-10-22-13-12-6-4-3-5-11(12)7-8-21-15(18)14(17)19-16(13)21/h2-10,21,25H,11-17H2,1H3;3-6,13H,7-10H2,1-2H3. The molecule has 2 aromatic heterocycles. The fourth-order valence-corrected chi connectivity index (χ4v) is 8.71. The molecule has 3 aliphatic heterocycles. The number of nitriles is 1. The molecule has 3 aromatic carbocycles. The average Bonchev–Trinajstić information content (AvgIpc) is 3.54. The van der Waals surface area contributed by atoms with Crippen LogP contribution in [-0.2, 0) is 41.8 Å². The maximum absolute atomic E-state index is 10.0. The summed E-state index contributed by atoms with van der Waals surface area (Å²) in [5.41, 5.74) is 7.80. The SMILES string of the molecule is CN(C)CCOC1c2ccccc2CCn2c1nc(I)c2I.CN1CCC(OC2c3ccccc3CCn3c2nc(Cc2ccccc2)c3C#N)CC1. The monoisotopic (exact) mass is 935 g/mol. The Kier molecular flexibility index (Phi) is 12.6. The predicted molar refractivity (Wildman–Crippen MR) is 224 cm³/mol. The predicted octanol–water partition coefficient (Wildman–Crippen LogP) is 7.42. The van der Waals surface area contributed by atoms with Crippen molar-refractivity contribution < 1.29 is 9.47 Å². The van der Waals surface area contributed by atoms with Gasteiger partial charge in [-0.15, -0.1) is 0 Å². The third kappa shape index (κ3) is 8.73. The second-order valence-electron chi connectivity index (χ2n) is 14.4. The van der Waals surface area contributed by atoms with Gasteiger partial charge in [-0.2, -0.15) is 5.26 Å². The Morgan fingerprint density at radius 3 is 2.06 bits per heavy atom. The van der Waals surface area contributed by atoms with Crippen LogP contribution in [0.25, 0.3) is 0 Å². The van der Waals surface area contributed by atoms with Gasteiger partial charge in [-0.25, -0.2) is 9.97 Å². The van der Waals surface area contributed by atoms with Crippen molar-refractivity contribution in [1.82, 2.24) is 28.9 Å². The molecule has 5 aromatic rings. The summed E-state index contributed by atoms with van der Waals surface area (Å²) in [6.45, 7) is 5.43. The van der Waals surface area contributed by atoms with Gasteiger partial charge in [0.15, 0.2) is 0 Å². The van der Waals surface area contributed by atoms with Crippen LogP contribution in [0, 0.1) is 18.7 Å². The molecule has 2 unspecified atom stereocenters. The lowest BCUT2D eigenvalue weighted by Gasteiger charge is -2.32. The largest absolute Gasteiger partial charge is 0.364 e. The summed E-state index contributed by atoms with van der Waals surface area (Å²) >= 11 is 4.70. The van der Waals surface area contributed by atoms with Crippen molar-refractivity contribution in [2.24, 2.45) is 0 Å². The Morgan fingerprint density at radius 2 is 1.40 bits per heavy atom. The molecule has 0 N–H and O–H groups in total. The number of piperidine rings is 1. The van der Waals surface area contributed by atoms with E-state index in [1.807, 2.05) is 18.2 Å². The number of aromatic nitrogens is 4. The van der Waals surface area contributed by atoms with Gasteiger partial charge in [-0.1, -0.05) is 78.9 Å². The van der Waals surface area contributed by atoms with Gasteiger partial charge in [0.1, 0.15) is 43.0 Å². The van der Waals surface area contributed by atoms with Crippen molar-refractivity contribution in [1.29, 1.82) is 5.26 Å². The van der Waals surface area contributed by atoms with Crippen molar-refractivity contribution in [3.8, 4) is 6.07 Å². The smallest absolute Gasteiger partial charge is 0.144 e. The van der Waals surface area contributed by atoms with E-state index in [2.05, 4.69) is 152 Å². The molecule has 0 saturated carbocycles. The van der Waals surface area contributed by atoms with Crippen molar-refractivity contribution >= 4 is 45.2 Å². The quantitative estimate of drug-likeness (QED) is 0.150. The van der Waals surface area contributed by atoms with E-state index in [4.69, 9.17) is 19.4 Å². The number of aryl methyl sites for hydroxylation is 2. The van der Waals surface area contributed by atoms with Crippen molar-refractivity contribution in [3.05, 3.63) is 137 Å². The van der Waals surface area contributed by atoms with E-state index in [1.165, 1.54) is 31.5 Å². The van der Waals surface area contributed by atoms with E-state index in [1.54, 1.807) is 0 Å². The number of halogens is 2. The lowest BCUT2D eigenvalue weighted by atomic mass is 10.00. The van der Waals surface area contributed by atoms with E-state index in [0.717, 1.165) is 79.5 Å². The molecule has 11 heteroatoms. The molecule has 8 rings (SSSR count). The molecular formula is C42H47I2N7O2. The molecule has 0 bridgehead atoms. The molecule has 0 amide bonds. The second-order valence-corrected chi connectivity index (χ2v) is 16.4. The Morgan fingerprint density at radius 1 is 0.792 bits per heavy atom. The lowest BCUT2D eigenvalue weighted by Crippen LogP contribution is -2.35. The van der Waals surface area contributed by atoms with Crippen LogP contribution in [0.1, 0.15) is 75.9 Å². The van der Waals surface area contributed by atoms with Crippen LogP contribution >= 0.6 is 45.2 Å². The number of hydrogen-bond donors (Lipinski definition) is 0. The van der Waals surface area contributed by atoms with E-state index >= 15 is 0 Å². The fraction of sp³-hybridized carbons (Fsp3) is 0.405. The Balaban J connectivity index is 0.000000174. The first-order chi connectivity index (χ1) is 25.8. The molecule has 9 nitrogen and oxygen atoms in total. The van der Waals surface area contributed by atoms with Gasteiger partial charge in [-0.05, 0) is 120 Å². The molecule has 0 radical (unpaired) electrons.